The van der Waals surface area contributed by atoms with E-state index in [2.05, 4.69) is 0 Å². The molecule has 0 aromatic heterocycles. The van der Waals surface area contributed by atoms with Crippen molar-refractivity contribution in [2.45, 2.75) is 11.5 Å². The molecule has 110 valence electrons. The van der Waals surface area contributed by atoms with Crippen LogP contribution < -0.4 is 10.5 Å². The number of ether oxygens (including phenoxy) is 1. The van der Waals surface area contributed by atoms with Gasteiger partial charge in [0.1, 0.15) is 12.4 Å². The summed E-state index contributed by atoms with van der Waals surface area (Å²) < 4.78 is 28.2. The zero-order valence-electron chi connectivity index (χ0n) is 11.4. The first-order valence-corrected chi connectivity index (χ1v) is 8.07. The molecule has 5 nitrogen and oxygen atoms in total. The molecule has 0 aliphatic rings. The smallest absolute Gasteiger partial charge is 0.248 e. The van der Waals surface area contributed by atoms with Crippen LogP contribution in [0.4, 0.5) is 0 Å². The largest absolute Gasteiger partial charge is 0.489 e. The van der Waals surface area contributed by atoms with Crippen molar-refractivity contribution in [2.75, 3.05) is 6.26 Å². The lowest BCUT2D eigenvalue weighted by molar-refractivity contribution is 0.1000. The van der Waals surface area contributed by atoms with Gasteiger partial charge in [0.15, 0.2) is 9.84 Å². The molecule has 2 N–H and O–H groups in total. The number of carbonyl (C=O) groups is 1. The van der Waals surface area contributed by atoms with Crippen LogP contribution in [-0.4, -0.2) is 20.6 Å². The zero-order valence-corrected chi connectivity index (χ0v) is 12.3. The molecule has 0 saturated heterocycles. The number of hydrogen-bond acceptors (Lipinski definition) is 4. The number of rotatable bonds is 5. The minimum atomic E-state index is -3.20. The van der Waals surface area contributed by atoms with Gasteiger partial charge in [0.25, 0.3) is 0 Å². The summed E-state index contributed by atoms with van der Waals surface area (Å²) >= 11 is 0. The number of nitrogens with two attached hydrogens (primary N) is 1. The summed E-state index contributed by atoms with van der Waals surface area (Å²) in [4.78, 5) is 11.2. The van der Waals surface area contributed by atoms with Gasteiger partial charge in [-0.05, 0) is 42.0 Å². The van der Waals surface area contributed by atoms with Crippen LogP contribution in [0, 0.1) is 0 Å². The molecule has 1 amide bonds. The molecule has 2 aromatic carbocycles. The van der Waals surface area contributed by atoms with E-state index in [1.807, 2.05) is 0 Å². The lowest BCUT2D eigenvalue weighted by Gasteiger charge is -2.07. The summed E-state index contributed by atoms with van der Waals surface area (Å²) in [5, 5.41) is 0. The van der Waals surface area contributed by atoms with Crippen LogP contribution in [0.25, 0.3) is 0 Å². The number of hydrogen-bond donors (Lipinski definition) is 1. The van der Waals surface area contributed by atoms with Crippen molar-refractivity contribution in [1.29, 1.82) is 0 Å². The van der Waals surface area contributed by atoms with Crippen molar-refractivity contribution in [3.05, 3.63) is 59.7 Å². The average molecular weight is 305 g/mol. The molecule has 0 aliphatic heterocycles. The maximum atomic E-state index is 11.3. The SMILES string of the molecule is CS(=O)(=O)c1ccc(OCc2ccc(C(N)=O)cc2)cc1. The molecular weight excluding hydrogens is 290 g/mol. The Morgan fingerprint density at radius 3 is 2.10 bits per heavy atom. The quantitative estimate of drug-likeness (QED) is 0.912. The molecular formula is C15H15NO4S. The molecule has 2 rings (SSSR count). The van der Waals surface area contributed by atoms with Crippen molar-refractivity contribution in [3.8, 4) is 5.75 Å². The summed E-state index contributed by atoms with van der Waals surface area (Å²) in [6.07, 6.45) is 1.16. The Morgan fingerprint density at radius 1 is 1.05 bits per heavy atom. The summed E-state index contributed by atoms with van der Waals surface area (Å²) in [5.41, 5.74) is 6.48. The van der Waals surface area contributed by atoms with Crippen molar-refractivity contribution in [1.82, 2.24) is 0 Å². The van der Waals surface area contributed by atoms with Crippen molar-refractivity contribution >= 4 is 15.7 Å². The standard InChI is InChI=1S/C15H15NO4S/c1-21(18,19)14-8-6-13(7-9-14)20-10-11-2-4-12(5-3-11)15(16)17/h2-9H,10H2,1H3,(H2,16,17). The van der Waals surface area contributed by atoms with Crippen molar-refractivity contribution in [3.63, 3.8) is 0 Å². The minimum absolute atomic E-state index is 0.251. The predicted octanol–water partition coefficient (Wildman–Crippen LogP) is 1.77. The molecule has 0 aliphatic carbocycles. The van der Waals surface area contributed by atoms with Gasteiger partial charge < -0.3 is 10.5 Å². The molecule has 0 saturated carbocycles. The molecule has 6 heteroatoms. The van der Waals surface area contributed by atoms with E-state index in [9.17, 15) is 13.2 Å². The first kappa shape index (κ1) is 15.1. The molecule has 0 unspecified atom stereocenters. The first-order chi connectivity index (χ1) is 9.86. The second-order valence-corrected chi connectivity index (χ2v) is 6.61. The average Bonchev–Trinajstić information content (AvgIpc) is 2.45. The highest BCUT2D eigenvalue weighted by Crippen LogP contribution is 2.17. The molecule has 2 aromatic rings. The molecule has 0 radical (unpaired) electrons. The van der Waals surface area contributed by atoms with Gasteiger partial charge in [-0.15, -0.1) is 0 Å². The van der Waals surface area contributed by atoms with Crippen LogP contribution in [0.3, 0.4) is 0 Å². The zero-order chi connectivity index (χ0) is 15.5. The van der Waals surface area contributed by atoms with Crippen molar-refractivity contribution in [2.24, 2.45) is 5.73 Å². The fourth-order valence-corrected chi connectivity index (χ4v) is 2.35. The van der Waals surface area contributed by atoms with Crippen LogP contribution in [0.1, 0.15) is 15.9 Å². The van der Waals surface area contributed by atoms with Gasteiger partial charge in [-0.1, -0.05) is 12.1 Å². The second-order valence-electron chi connectivity index (χ2n) is 4.59. The Kier molecular flexibility index (Phi) is 4.28. The van der Waals surface area contributed by atoms with Gasteiger partial charge in [0, 0.05) is 11.8 Å². The summed E-state index contributed by atoms with van der Waals surface area (Å²) in [7, 11) is -3.20. The van der Waals surface area contributed by atoms with E-state index < -0.39 is 15.7 Å². The topological polar surface area (TPSA) is 86.5 Å². The van der Waals surface area contributed by atoms with E-state index in [4.69, 9.17) is 10.5 Å². The predicted molar refractivity (Wildman–Crippen MR) is 78.8 cm³/mol. The maximum absolute atomic E-state index is 11.3. The van der Waals surface area contributed by atoms with E-state index in [1.165, 1.54) is 12.1 Å². The van der Waals surface area contributed by atoms with Gasteiger partial charge >= 0.3 is 0 Å². The third-order valence-electron chi connectivity index (χ3n) is 2.90. The van der Waals surface area contributed by atoms with E-state index in [1.54, 1.807) is 36.4 Å². The fourth-order valence-electron chi connectivity index (χ4n) is 1.71. The molecule has 0 spiro atoms. The highest BCUT2D eigenvalue weighted by Gasteiger charge is 2.06. The van der Waals surface area contributed by atoms with Gasteiger partial charge in [-0.3, -0.25) is 4.79 Å². The molecule has 0 atom stereocenters. The molecule has 21 heavy (non-hydrogen) atoms. The highest BCUT2D eigenvalue weighted by atomic mass is 32.2. The van der Waals surface area contributed by atoms with E-state index in [0.29, 0.717) is 17.9 Å². The number of amides is 1. The van der Waals surface area contributed by atoms with Gasteiger partial charge in [-0.25, -0.2) is 8.42 Å². The molecule has 0 bridgehead atoms. The Balaban J connectivity index is 2.01. The van der Waals surface area contributed by atoms with E-state index in [-0.39, 0.29) is 4.90 Å². The second kappa shape index (κ2) is 5.97. The first-order valence-electron chi connectivity index (χ1n) is 6.18. The Hall–Kier alpha value is -2.34. The lowest BCUT2D eigenvalue weighted by Crippen LogP contribution is -2.10. The Labute approximate surface area is 123 Å². The van der Waals surface area contributed by atoms with Crippen LogP contribution in [0.15, 0.2) is 53.4 Å². The lowest BCUT2D eigenvalue weighted by atomic mass is 10.1. The number of primary amides is 1. The fraction of sp³-hybridized carbons (Fsp3) is 0.133. The van der Waals surface area contributed by atoms with Gasteiger partial charge in [0.05, 0.1) is 4.90 Å². The van der Waals surface area contributed by atoms with Gasteiger partial charge in [0.2, 0.25) is 5.91 Å². The number of benzene rings is 2. The van der Waals surface area contributed by atoms with E-state index in [0.717, 1.165) is 11.8 Å². The molecule has 0 heterocycles. The third kappa shape index (κ3) is 4.06. The van der Waals surface area contributed by atoms with Gasteiger partial charge in [-0.2, -0.15) is 0 Å². The van der Waals surface area contributed by atoms with Crippen LogP contribution in [-0.2, 0) is 16.4 Å². The molecule has 0 fully saturated rings. The number of carbonyl (C=O) groups excluding carboxylic acids is 1. The van der Waals surface area contributed by atoms with Crippen LogP contribution in [0.2, 0.25) is 0 Å². The highest BCUT2D eigenvalue weighted by molar-refractivity contribution is 7.90. The Morgan fingerprint density at radius 2 is 1.62 bits per heavy atom. The summed E-state index contributed by atoms with van der Waals surface area (Å²) in [5.74, 6) is 0.0974. The van der Waals surface area contributed by atoms with E-state index >= 15 is 0 Å². The summed E-state index contributed by atoms with van der Waals surface area (Å²) in [6.45, 7) is 0.317. The monoisotopic (exact) mass is 305 g/mol. The normalized spacial score (nSPS) is 11.1. The van der Waals surface area contributed by atoms with Crippen LogP contribution >= 0.6 is 0 Å². The minimum Gasteiger partial charge on any atom is -0.489 e. The number of sulfone groups is 1. The third-order valence-corrected chi connectivity index (χ3v) is 4.02. The summed E-state index contributed by atoms with van der Waals surface area (Å²) in [6, 6.07) is 13.0. The van der Waals surface area contributed by atoms with Crippen LogP contribution in [0.5, 0.6) is 5.75 Å². The Bertz CT molecular complexity index is 734. The maximum Gasteiger partial charge on any atom is 0.248 e. The van der Waals surface area contributed by atoms with Crippen molar-refractivity contribution < 1.29 is 17.9 Å².